The number of rotatable bonds is 6. The van der Waals surface area contributed by atoms with Gasteiger partial charge in [-0.3, -0.25) is 14.6 Å². The number of carbonyl (C=O) groups excluding carboxylic acids is 3. The van der Waals surface area contributed by atoms with Crippen LogP contribution in [0.25, 0.3) is 0 Å². The number of carbonyl (C=O) groups is 3. The maximum absolute atomic E-state index is 12.9. The molecule has 0 spiro atoms. The highest BCUT2D eigenvalue weighted by Gasteiger charge is 2.26. The third-order valence-electron chi connectivity index (χ3n) is 3.87. The van der Waals surface area contributed by atoms with E-state index in [0.29, 0.717) is 16.8 Å². The Morgan fingerprint density at radius 3 is 2.46 bits per heavy atom. The molecule has 0 bridgehead atoms. The summed E-state index contributed by atoms with van der Waals surface area (Å²) < 4.78 is 5.41. The van der Waals surface area contributed by atoms with Gasteiger partial charge in [0.1, 0.15) is 0 Å². The van der Waals surface area contributed by atoms with E-state index in [1.165, 1.54) is 25.5 Å². The summed E-state index contributed by atoms with van der Waals surface area (Å²) in [6, 6.07) is 15.2. The highest BCUT2D eigenvalue weighted by Crippen LogP contribution is 2.22. The first-order valence-corrected chi connectivity index (χ1v) is 8.48. The second-order valence-electron chi connectivity index (χ2n) is 5.91. The van der Waals surface area contributed by atoms with E-state index < -0.39 is 18.0 Å². The number of hydrogen-bond acceptors (Lipinski definition) is 6. The summed E-state index contributed by atoms with van der Waals surface area (Å²) in [5.41, 5.74) is 1.38. The number of benzene rings is 2. The number of esters is 1. The van der Waals surface area contributed by atoms with Crippen molar-refractivity contribution in [3.05, 3.63) is 90.0 Å². The molecule has 0 aliphatic rings. The Bertz CT molecular complexity index is 991. The van der Waals surface area contributed by atoms with Gasteiger partial charge in [0, 0.05) is 29.2 Å². The van der Waals surface area contributed by atoms with Crippen molar-refractivity contribution in [3.8, 4) is 0 Å². The van der Waals surface area contributed by atoms with E-state index in [4.69, 9.17) is 4.74 Å². The normalized spacial score (nSPS) is 11.3. The molecule has 0 fully saturated rings. The second-order valence-corrected chi connectivity index (χ2v) is 5.91. The molecule has 0 radical (unpaired) electrons. The molecule has 7 heteroatoms. The predicted octanol–water partition coefficient (Wildman–Crippen LogP) is 3.22. The van der Waals surface area contributed by atoms with E-state index in [1.54, 1.807) is 54.6 Å². The third kappa shape index (κ3) is 4.64. The molecule has 1 heterocycles. The summed E-state index contributed by atoms with van der Waals surface area (Å²) in [5, 5.41) is 2.69. The zero-order valence-corrected chi connectivity index (χ0v) is 15.0. The fraction of sp³-hybridized carbons (Fsp3) is 0.0952. The van der Waals surface area contributed by atoms with Crippen molar-refractivity contribution in [2.75, 3.05) is 5.32 Å². The molecule has 0 saturated carbocycles. The van der Waals surface area contributed by atoms with Crippen LogP contribution >= 0.6 is 0 Å². The SMILES string of the molecule is CC(=O)c1cccc(NC(=O)[C@@H](OC(=O)c2cnccn2)c2ccccc2)c1. The van der Waals surface area contributed by atoms with E-state index in [9.17, 15) is 14.4 Å². The van der Waals surface area contributed by atoms with Crippen molar-refractivity contribution < 1.29 is 19.1 Å². The van der Waals surface area contributed by atoms with Crippen LogP contribution in [0, 0.1) is 0 Å². The molecule has 0 aliphatic heterocycles. The van der Waals surface area contributed by atoms with Gasteiger partial charge in [0.2, 0.25) is 6.10 Å². The Hall–Kier alpha value is -3.87. The minimum Gasteiger partial charge on any atom is -0.443 e. The fourth-order valence-corrected chi connectivity index (χ4v) is 2.50. The number of anilines is 1. The second kappa shape index (κ2) is 8.68. The fourth-order valence-electron chi connectivity index (χ4n) is 2.50. The van der Waals surface area contributed by atoms with Crippen molar-refractivity contribution in [1.82, 2.24) is 9.97 Å². The van der Waals surface area contributed by atoms with Gasteiger partial charge in [0.25, 0.3) is 5.91 Å². The monoisotopic (exact) mass is 375 g/mol. The maximum Gasteiger partial charge on any atom is 0.359 e. The molecule has 1 N–H and O–H groups in total. The van der Waals surface area contributed by atoms with Crippen LogP contribution in [0.4, 0.5) is 5.69 Å². The molecule has 0 unspecified atom stereocenters. The molecule has 0 aliphatic carbocycles. The van der Waals surface area contributed by atoms with E-state index in [-0.39, 0.29) is 11.5 Å². The van der Waals surface area contributed by atoms with Gasteiger partial charge < -0.3 is 10.1 Å². The zero-order chi connectivity index (χ0) is 19.9. The highest BCUT2D eigenvalue weighted by atomic mass is 16.5. The lowest BCUT2D eigenvalue weighted by atomic mass is 10.1. The highest BCUT2D eigenvalue weighted by molar-refractivity contribution is 5.99. The minimum atomic E-state index is -1.20. The Kier molecular flexibility index (Phi) is 5.86. The minimum absolute atomic E-state index is 0.00481. The van der Waals surface area contributed by atoms with Crippen molar-refractivity contribution >= 4 is 23.3 Å². The van der Waals surface area contributed by atoms with Crippen LogP contribution in [0.2, 0.25) is 0 Å². The van der Waals surface area contributed by atoms with E-state index >= 15 is 0 Å². The lowest BCUT2D eigenvalue weighted by Gasteiger charge is -2.18. The van der Waals surface area contributed by atoms with Crippen LogP contribution in [-0.4, -0.2) is 27.6 Å². The molecule has 0 saturated heterocycles. The van der Waals surface area contributed by atoms with Crippen molar-refractivity contribution in [2.24, 2.45) is 0 Å². The van der Waals surface area contributed by atoms with Crippen LogP contribution in [0.1, 0.15) is 39.4 Å². The molecule has 7 nitrogen and oxygen atoms in total. The van der Waals surface area contributed by atoms with E-state index in [2.05, 4.69) is 15.3 Å². The first kappa shape index (κ1) is 18.9. The number of nitrogens with one attached hydrogen (secondary N) is 1. The van der Waals surface area contributed by atoms with Crippen molar-refractivity contribution in [3.63, 3.8) is 0 Å². The molecule has 3 aromatic rings. The summed E-state index contributed by atoms with van der Waals surface area (Å²) in [5.74, 6) is -1.44. The van der Waals surface area contributed by atoms with Gasteiger partial charge >= 0.3 is 5.97 Å². The molecular formula is C21H17N3O4. The van der Waals surface area contributed by atoms with Crippen molar-refractivity contribution in [2.45, 2.75) is 13.0 Å². The summed E-state index contributed by atoms with van der Waals surface area (Å²) in [6.45, 7) is 1.44. The maximum atomic E-state index is 12.9. The molecule has 1 aromatic heterocycles. The molecule has 140 valence electrons. The third-order valence-corrected chi connectivity index (χ3v) is 3.87. The number of ether oxygens (including phenoxy) is 1. The van der Waals surface area contributed by atoms with Crippen molar-refractivity contribution in [1.29, 1.82) is 0 Å². The van der Waals surface area contributed by atoms with Gasteiger partial charge in [-0.15, -0.1) is 0 Å². The zero-order valence-electron chi connectivity index (χ0n) is 15.0. The number of amides is 1. The van der Waals surface area contributed by atoms with Crippen LogP contribution < -0.4 is 5.32 Å². The summed E-state index contributed by atoms with van der Waals surface area (Å²) in [7, 11) is 0. The number of hydrogen-bond donors (Lipinski definition) is 1. The summed E-state index contributed by atoms with van der Waals surface area (Å²) >= 11 is 0. The lowest BCUT2D eigenvalue weighted by Crippen LogP contribution is -2.26. The first-order chi connectivity index (χ1) is 13.5. The topological polar surface area (TPSA) is 98.2 Å². The van der Waals surface area contributed by atoms with Gasteiger partial charge in [0.05, 0.1) is 6.20 Å². The van der Waals surface area contributed by atoms with Gasteiger partial charge in [-0.25, -0.2) is 9.78 Å². The Balaban J connectivity index is 1.84. The Labute approximate surface area is 161 Å². The Morgan fingerprint density at radius 2 is 1.79 bits per heavy atom. The van der Waals surface area contributed by atoms with E-state index in [0.717, 1.165) is 0 Å². The van der Waals surface area contributed by atoms with Gasteiger partial charge in [-0.05, 0) is 19.1 Å². The first-order valence-electron chi connectivity index (χ1n) is 8.48. The molecule has 28 heavy (non-hydrogen) atoms. The summed E-state index contributed by atoms with van der Waals surface area (Å²) in [4.78, 5) is 44.5. The van der Waals surface area contributed by atoms with Crippen LogP contribution in [-0.2, 0) is 9.53 Å². The predicted molar refractivity (Wildman–Crippen MR) is 102 cm³/mol. The average molecular weight is 375 g/mol. The average Bonchev–Trinajstić information content (AvgIpc) is 2.73. The van der Waals surface area contributed by atoms with Gasteiger partial charge in [0.15, 0.2) is 11.5 Å². The van der Waals surface area contributed by atoms with Crippen LogP contribution in [0.15, 0.2) is 73.2 Å². The smallest absolute Gasteiger partial charge is 0.359 e. The number of Topliss-reactive ketones (excluding diaryl/α,β-unsaturated/α-hetero) is 1. The number of ketones is 1. The molecular weight excluding hydrogens is 358 g/mol. The largest absolute Gasteiger partial charge is 0.443 e. The number of aromatic nitrogens is 2. The van der Waals surface area contributed by atoms with E-state index in [1.807, 2.05) is 0 Å². The quantitative estimate of drug-likeness (QED) is 0.525. The number of nitrogens with zero attached hydrogens (tertiary/aromatic N) is 2. The van der Waals surface area contributed by atoms with Crippen LogP contribution in [0.3, 0.4) is 0 Å². The lowest BCUT2D eigenvalue weighted by molar-refractivity contribution is -0.125. The molecule has 1 amide bonds. The molecule has 1 atom stereocenters. The molecule has 2 aromatic carbocycles. The molecule has 3 rings (SSSR count). The van der Waals surface area contributed by atoms with Gasteiger partial charge in [-0.1, -0.05) is 42.5 Å². The van der Waals surface area contributed by atoms with Gasteiger partial charge in [-0.2, -0.15) is 0 Å². The Morgan fingerprint density at radius 1 is 1.00 bits per heavy atom. The standard InChI is InChI=1S/C21H17N3O4/c1-14(25)16-8-5-9-17(12-16)24-20(26)19(15-6-3-2-4-7-15)28-21(27)18-13-22-10-11-23-18/h2-13,19H,1H3,(H,24,26)/t19-/m0/s1. The van der Waals surface area contributed by atoms with Crippen LogP contribution in [0.5, 0.6) is 0 Å². The summed E-state index contributed by atoms with van der Waals surface area (Å²) in [6.07, 6.45) is 2.86.